The van der Waals surface area contributed by atoms with Crippen LogP contribution >= 0.6 is 0 Å². The Morgan fingerprint density at radius 2 is 1.56 bits per heavy atom. The van der Waals surface area contributed by atoms with E-state index in [9.17, 15) is 18.4 Å². The number of aliphatic hydroxyl groups excluding tert-OH is 1. The molecule has 1 aliphatic heterocycles. The van der Waals surface area contributed by atoms with Gasteiger partial charge in [0, 0.05) is 51.0 Å². The van der Waals surface area contributed by atoms with Crippen molar-refractivity contribution in [3.05, 3.63) is 59.7 Å². The van der Waals surface area contributed by atoms with E-state index in [0.29, 0.717) is 38.3 Å². The normalized spacial score (nSPS) is 13.4. The number of benzene rings is 2. The van der Waals surface area contributed by atoms with E-state index in [-0.39, 0.29) is 24.5 Å². The zero-order chi connectivity index (χ0) is 23.5. The molecule has 174 valence electrons. The Morgan fingerprint density at radius 3 is 2.09 bits per heavy atom. The highest BCUT2D eigenvalue weighted by Gasteiger charge is 2.22. The summed E-state index contributed by atoms with van der Waals surface area (Å²) in [6.07, 6.45) is -1.96. The second kappa shape index (κ2) is 12.6. The molecular formula is C23H28F2N2O5. The minimum atomic E-state index is -2.48. The van der Waals surface area contributed by atoms with Gasteiger partial charge in [-0.3, -0.25) is 9.59 Å². The zero-order valence-electron chi connectivity index (χ0n) is 17.9. The summed E-state index contributed by atoms with van der Waals surface area (Å²) in [5, 5.41) is 15.7. The van der Waals surface area contributed by atoms with Gasteiger partial charge in [-0.15, -0.1) is 0 Å². The number of aryl methyl sites for hydroxylation is 1. The summed E-state index contributed by atoms with van der Waals surface area (Å²) >= 11 is 0. The van der Waals surface area contributed by atoms with Crippen molar-refractivity contribution in [3.63, 3.8) is 0 Å². The van der Waals surface area contributed by atoms with E-state index < -0.39 is 12.4 Å². The van der Waals surface area contributed by atoms with Crippen LogP contribution in [0.2, 0.25) is 0 Å². The first-order chi connectivity index (χ1) is 15.4. The monoisotopic (exact) mass is 450 g/mol. The molecule has 32 heavy (non-hydrogen) atoms. The van der Waals surface area contributed by atoms with Crippen LogP contribution in [0.5, 0.6) is 5.75 Å². The fraction of sp³-hybridized carbons (Fsp3) is 0.391. The second-order valence-electron chi connectivity index (χ2n) is 7.09. The van der Waals surface area contributed by atoms with Gasteiger partial charge in [-0.2, -0.15) is 0 Å². The number of carbonyl (C=O) groups excluding carboxylic acids is 1. The number of alkyl halides is 2. The summed E-state index contributed by atoms with van der Waals surface area (Å²) in [7, 11) is 1.00. The predicted octanol–water partition coefficient (Wildman–Crippen LogP) is 2.98. The molecule has 0 saturated carbocycles. The van der Waals surface area contributed by atoms with Crippen LogP contribution in [-0.2, 0) is 16.0 Å². The van der Waals surface area contributed by atoms with Crippen molar-refractivity contribution in [2.75, 3.05) is 44.8 Å². The Bertz CT molecular complexity index is 852. The second-order valence-corrected chi connectivity index (χ2v) is 7.09. The van der Waals surface area contributed by atoms with Gasteiger partial charge in [-0.1, -0.05) is 24.3 Å². The fourth-order valence-corrected chi connectivity index (χ4v) is 3.28. The van der Waals surface area contributed by atoms with E-state index in [0.717, 1.165) is 18.4 Å². The Morgan fingerprint density at radius 1 is 0.969 bits per heavy atom. The van der Waals surface area contributed by atoms with Crippen LogP contribution in [0.4, 0.5) is 14.5 Å². The van der Waals surface area contributed by atoms with Crippen molar-refractivity contribution in [2.45, 2.75) is 19.3 Å². The summed E-state index contributed by atoms with van der Waals surface area (Å²) in [5.41, 5.74) is 1.76. The number of aliphatic hydroxyl groups is 1. The van der Waals surface area contributed by atoms with E-state index in [2.05, 4.69) is 4.90 Å². The Labute approximate surface area is 185 Å². The number of carboxylic acids is 1. The predicted molar refractivity (Wildman–Crippen MR) is 116 cm³/mol. The summed E-state index contributed by atoms with van der Waals surface area (Å²) in [4.78, 5) is 26.8. The number of ether oxygens (including phenoxy) is 1. The van der Waals surface area contributed by atoms with E-state index in [1.165, 1.54) is 12.1 Å². The molecule has 7 nitrogen and oxygen atoms in total. The smallest absolute Gasteiger partial charge is 0.303 e. The van der Waals surface area contributed by atoms with Gasteiger partial charge in [-0.25, -0.2) is 8.78 Å². The number of aliphatic carboxylic acids is 1. The molecule has 2 N–H and O–H groups in total. The van der Waals surface area contributed by atoms with Gasteiger partial charge in [0.25, 0.3) is 12.3 Å². The van der Waals surface area contributed by atoms with Crippen LogP contribution < -0.4 is 9.64 Å². The summed E-state index contributed by atoms with van der Waals surface area (Å²) in [6, 6.07) is 13.3. The van der Waals surface area contributed by atoms with Gasteiger partial charge in [-0.05, 0) is 36.2 Å². The average molecular weight is 450 g/mol. The molecule has 0 aliphatic carbocycles. The van der Waals surface area contributed by atoms with Gasteiger partial charge in [0.2, 0.25) is 0 Å². The van der Waals surface area contributed by atoms with E-state index in [4.69, 9.17) is 14.9 Å². The van der Waals surface area contributed by atoms with Crippen molar-refractivity contribution < 1.29 is 33.3 Å². The molecule has 1 fully saturated rings. The lowest BCUT2D eigenvalue weighted by atomic mass is 10.1. The molecule has 1 heterocycles. The lowest BCUT2D eigenvalue weighted by Crippen LogP contribution is -2.50. The Kier molecular flexibility index (Phi) is 9.87. The molecule has 2 aromatic rings. The lowest BCUT2D eigenvalue weighted by Gasteiger charge is -2.36. The number of hydrogen-bond donors (Lipinski definition) is 2. The maximum atomic E-state index is 12.7. The highest BCUT2D eigenvalue weighted by atomic mass is 19.3. The number of carbonyl (C=O) groups is 2. The molecule has 0 spiro atoms. The van der Waals surface area contributed by atoms with E-state index in [1.807, 2.05) is 0 Å². The summed E-state index contributed by atoms with van der Waals surface area (Å²) in [5.74, 6) is -0.399. The maximum Gasteiger partial charge on any atom is 0.303 e. The molecule has 1 aliphatic rings. The summed E-state index contributed by atoms with van der Waals surface area (Å²) < 4.78 is 30.9. The average Bonchev–Trinajstić information content (AvgIpc) is 2.83. The van der Waals surface area contributed by atoms with E-state index >= 15 is 0 Å². The first-order valence-corrected chi connectivity index (χ1v) is 10.2. The van der Waals surface area contributed by atoms with Crippen molar-refractivity contribution in [1.82, 2.24) is 4.90 Å². The topological polar surface area (TPSA) is 90.3 Å². The molecule has 3 rings (SSSR count). The molecule has 2 aromatic carbocycles. The van der Waals surface area contributed by atoms with Gasteiger partial charge in [0.15, 0.2) is 6.61 Å². The minimum absolute atomic E-state index is 0.000342. The van der Waals surface area contributed by atoms with Crippen molar-refractivity contribution >= 4 is 17.6 Å². The highest BCUT2D eigenvalue weighted by molar-refractivity contribution is 5.78. The van der Waals surface area contributed by atoms with Gasteiger partial charge < -0.3 is 24.7 Å². The first-order valence-electron chi connectivity index (χ1n) is 10.2. The van der Waals surface area contributed by atoms with Gasteiger partial charge in [0.1, 0.15) is 5.75 Å². The van der Waals surface area contributed by atoms with Crippen LogP contribution in [0.15, 0.2) is 48.5 Å². The lowest BCUT2D eigenvalue weighted by molar-refractivity contribution is -0.137. The van der Waals surface area contributed by atoms with Crippen LogP contribution in [0.1, 0.15) is 24.0 Å². The van der Waals surface area contributed by atoms with E-state index in [1.54, 1.807) is 41.3 Å². The van der Waals surface area contributed by atoms with Gasteiger partial charge in [0.05, 0.1) is 0 Å². The molecule has 0 aromatic heterocycles. The third-order valence-electron chi connectivity index (χ3n) is 5.06. The third kappa shape index (κ3) is 7.49. The number of hydrogen-bond acceptors (Lipinski definition) is 5. The zero-order valence-corrected chi connectivity index (χ0v) is 17.9. The number of rotatable bonds is 8. The number of piperazine rings is 1. The highest BCUT2D eigenvalue weighted by Crippen LogP contribution is 2.23. The Balaban J connectivity index is 0.00000176. The standard InChI is InChI=1S/C22H24F2N2O4.CH4O/c23-22(24)17-4-6-18(7-5-17)25-11-13-26(14-12-25)20(27)15-30-19-8-1-16(2-9-19)3-10-21(28)29;1-2/h1-2,4-9,22H,3,10-15H2,(H,28,29);2H,1H3. The third-order valence-corrected chi connectivity index (χ3v) is 5.06. The van der Waals surface area contributed by atoms with Crippen LogP contribution in [0, 0.1) is 0 Å². The molecule has 1 amide bonds. The fourth-order valence-electron chi connectivity index (χ4n) is 3.28. The van der Waals surface area contributed by atoms with Crippen LogP contribution in [0.25, 0.3) is 0 Å². The number of anilines is 1. The molecule has 0 unspecified atom stereocenters. The number of nitrogens with zero attached hydrogens (tertiary/aromatic N) is 2. The minimum Gasteiger partial charge on any atom is -0.484 e. The molecule has 0 atom stereocenters. The van der Waals surface area contributed by atoms with Gasteiger partial charge >= 0.3 is 5.97 Å². The first kappa shape index (κ1) is 25.1. The SMILES string of the molecule is CO.O=C(O)CCc1ccc(OCC(=O)N2CCN(c3ccc(C(F)F)cc3)CC2)cc1. The maximum absolute atomic E-state index is 12.7. The molecule has 9 heteroatoms. The van der Waals surface area contributed by atoms with Crippen molar-refractivity contribution in [1.29, 1.82) is 0 Å². The number of halogens is 2. The Hall–Kier alpha value is -3.20. The quantitative estimate of drug-likeness (QED) is 0.643. The molecular weight excluding hydrogens is 422 g/mol. The molecule has 0 radical (unpaired) electrons. The summed E-state index contributed by atoms with van der Waals surface area (Å²) in [6.45, 7) is 2.24. The van der Waals surface area contributed by atoms with Crippen molar-refractivity contribution in [2.24, 2.45) is 0 Å². The molecule has 0 bridgehead atoms. The largest absolute Gasteiger partial charge is 0.484 e. The number of amides is 1. The van der Waals surface area contributed by atoms with Crippen molar-refractivity contribution in [3.8, 4) is 5.75 Å². The van der Waals surface area contributed by atoms with Crippen LogP contribution in [-0.4, -0.2) is 66.9 Å². The molecule has 1 saturated heterocycles. The van der Waals surface area contributed by atoms with Crippen LogP contribution in [0.3, 0.4) is 0 Å². The number of carboxylic acid groups (broad SMARTS) is 1.